The second kappa shape index (κ2) is 3.79. The molecule has 1 aromatic rings. The SMILES string of the molecule is OCCCN1CCCc2[nH]ncc21. The molecule has 0 saturated carbocycles. The molecular formula is C9H15N3O. The van der Waals surface area contributed by atoms with E-state index >= 15 is 0 Å². The van der Waals surface area contributed by atoms with Crippen molar-refractivity contribution in [2.45, 2.75) is 19.3 Å². The minimum Gasteiger partial charge on any atom is -0.396 e. The summed E-state index contributed by atoms with van der Waals surface area (Å²) < 4.78 is 0. The quantitative estimate of drug-likeness (QED) is 0.715. The number of aromatic amines is 1. The minimum absolute atomic E-state index is 0.268. The number of fused-ring (bicyclic) bond motifs is 1. The highest BCUT2D eigenvalue weighted by Crippen LogP contribution is 2.24. The molecule has 1 aliphatic rings. The number of nitrogens with zero attached hydrogens (tertiary/aromatic N) is 2. The van der Waals surface area contributed by atoms with E-state index in [9.17, 15) is 0 Å². The Hall–Kier alpha value is -1.03. The fraction of sp³-hybridized carbons (Fsp3) is 0.667. The Balaban J connectivity index is 2.07. The summed E-state index contributed by atoms with van der Waals surface area (Å²) in [5.74, 6) is 0. The van der Waals surface area contributed by atoms with Crippen LogP contribution < -0.4 is 4.90 Å². The normalized spacial score (nSPS) is 15.9. The highest BCUT2D eigenvalue weighted by atomic mass is 16.3. The first-order valence-electron chi connectivity index (χ1n) is 4.80. The molecule has 0 fully saturated rings. The summed E-state index contributed by atoms with van der Waals surface area (Å²) in [6.45, 7) is 2.29. The molecule has 0 spiro atoms. The van der Waals surface area contributed by atoms with Crippen LogP contribution in [-0.4, -0.2) is 35.0 Å². The Kier molecular flexibility index (Phi) is 2.49. The van der Waals surface area contributed by atoms with Gasteiger partial charge in [-0.1, -0.05) is 0 Å². The Morgan fingerprint density at radius 1 is 1.62 bits per heavy atom. The molecule has 0 bridgehead atoms. The van der Waals surface area contributed by atoms with Gasteiger partial charge in [0.1, 0.15) is 0 Å². The van der Waals surface area contributed by atoms with E-state index in [1.165, 1.54) is 17.8 Å². The van der Waals surface area contributed by atoms with Gasteiger partial charge in [-0.05, 0) is 19.3 Å². The summed E-state index contributed by atoms with van der Waals surface area (Å²) in [7, 11) is 0. The van der Waals surface area contributed by atoms with E-state index in [1.807, 2.05) is 6.20 Å². The van der Waals surface area contributed by atoms with E-state index in [0.29, 0.717) is 0 Å². The molecule has 0 radical (unpaired) electrons. The number of hydrogen-bond acceptors (Lipinski definition) is 3. The van der Waals surface area contributed by atoms with Crippen molar-refractivity contribution < 1.29 is 5.11 Å². The molecule has 4 nitrogen and oxygen atoms in total. The number of aliphatic hydroxyl groups excluding tert-OH is 1. The zero-order chi connectivity index (χ0) is 9.10. The van der Waals surface area contributed by atoms with E-state index < -0.39 is 0 Å². The Labute approximate surface area is 77.6 Å². The molecular weight excluding hydrogens is 166 g/mol. The van der Waals surface area contributed by atoms with E-state index in [2.05, 4.69) is 15.1 Å². The molecule has 2 rings (SSSR count). The van der Waals surface area contributed by atoms with Crippen LogP contribution in [0.4, 0.5) is 5.69 Å². The second-order valence-electron chi connectivity index (χ2n) is 3.40. The van der Waals surface area contributed by atoms with Gasteiger partial charge < -0.3 is 10.0 Å². The monoisotopic (exact) mass is 181 g/mol. The summed E-state index contributed by atoms with van der Waals surface area (Å²) in [6.07, 6.45) is 5.00. The lowest BCUT2D eigenvalue weighted by atomic mass is 10.1. The van der Waals surface area contributed by atoms with E-state index in [0.717, 1.165) is 25.9 Å². The molecule has 1 aromatic heterocycles. The maximum Gasteiger partial charge on any atom is 0.0782 e. The molecule has 0 aromatic carbocycles. The van der Waals surface area contributed by atoms with E-state index in [-0.39, 0.29) is 6.61 Å². The molecule has 0 aliphatic carbocycles. The van der Waals surface area contributed by atoms with Gasteiger partial charge in [-0.15, -0.1) is 0 Å². The lowest BCUT2D eigenvalue weighted by Crippen LogP contribution is -2.30. The van der Waals surface area contributed by atoms with Crippen LogP contribution in [0.15, 0.2) is 6.20 Å². The molecule has 0 saturated heterocycles. The third-order valence-corrected chi connectivity index (χ3v) is 2.48. The smallest absolute Gasteiger partial charge is 0.0782 e. The molecule has 1 aliphatic heterocycles. The van der Waals surface area contributed by atoms with Crippen molar-refractivity contribution in [2.75, 3.05) is 24.6 Å². The molecule has 72 valence electrons. The van der Waals surface area contributed by atoms with Crippen LogP contribution in [0.5, 0.6) is 0 Å². The molecule has 0 atom stereocenters. The Morgan fingerprint density at radius 3 is 3.38 bits per heavy atom. The third-order valence-electron chi connectivity index (χ3n) is 2.48. The zero-order valence-corrected chi connectivity index (χ0v) is 7.66. The highest BCUT2D eigenvalue weighted by molar-refractivity contribution is 5.50. The number of aromatic nitrogens is 2. The van der Waals surface area contributed by atoms with Gasteiger partial charge in [0.25, 0.3) is 0 Å². The average Bonchev–Trinajstić information content (AvgIpc) is 2.62. The van der Waals surface area contributed by atoms with Crippen molar-refractivity contribution in [1.29, 1.82) is 0 Å². The van der Waals surface area contributed by atoms with Crippen molar-refractivity contribution >= 4 is 5.69 Å². The van der Waals surface area contributed by atoms with Crippen molar-refractivity contribution in [3.8, 4) is 0 Å². The van der Waals surface area contributed by atoms with Crippen LogP contribution in [0.3, 0.4) is 0 Å². The fourth-order valence-electron chi connectivity index (χ4n) is 1.82. The maximum atomic E-state index is 8.75. The highest BCUT2D eigenvalue weighted by Gasteiger charge is 2.17. The van der Waals surface area contributed by atoms with Gasteiger partial charge in [-0.25, -0.2) is 0 Å². The van der Waals surface area contributed by atoms with Crippen molar-refractivity contribution in [1.82, 2.24) is 10.2 Å². The lowest BCUT2D eigenvalue weighted by molar-refractivity contribution is 0.289. The molecule has 2 heterocycles. The van der Waals surface area contributed by atoms with Gasteiger partial charge in [0.05, 0.1) is 17.6 Å². The van der Waals surface area contributed by atoms with Gasteiger partial charge in [0.2, 0.25) is 0 Å². The summed E-state index contributed by atoms with van der Waals surface area (Å²) >= 11 is 0. The predicted octanol–water partition coefficient (Wildman–Crippen LogP) is 0.545. The lowest BCUT2D eigenvalue weighted by Gasteiger charge is -2.27. The molecule has 0 unspecified atom stereocenters. The number of rotatable bonds is 3. The minimum atomic E-state index is 0.268. The number of anilines is 1. The molecule has 2 N–H and O–H groups in total. The van der Waals surface area contributed by atoms with Crippen LogP contribution >= 0.6 is 0 Å². The molecule has 13 heavy (non-hydrogen) atoms. The van der Waals surface area contributed by atoms with Gasteiger partial charge in [0, 0.05) is 19.7 Å². The van der Waals surface area contributed by atoms with E-state index in [4.69, 9.17) is 5.11 Å². The largest absolute Gasteiger partial charge is 0.396 e. The van der Waals surface area contributed by atoms with Crippen LogP contribution in [-0.2, 0) is 6.42 Å². The van der Waals surface area contributed by atoms with E-state index in [1.54, 1.807) is 0 Å². The van der Waals surface area contributed by atoms with Crippen molar-refractivity contribution in [3.63, 3.8) is 0 Å². The van der Waals surface area contributed by atoms with Crippen molar-refractivity contribution in [3.05, 3.63) is 11.9 Å². The first-order valence-corrected chi connectivity index (χ1v) is 4.80. The van der Waals surface area contributed by atoms with Gasteiger partial charge in [-0.2, -0.15) is 5.10 Å². The Bertz CT molecular complexity index is 272. The summed E-state index contributed by atoms with van der Waals surface area (Å²) in [6, 6.07) is 0. The van der Waals surface area contributed by atoms with Crippen LogP contribution in [0, 0.1) is 0 Å². The van der Waals surface area contributed by atoms with Crippen molar-refractivity contribution in [2.24, 2.45) is 0 Å². The number of hydrogen-bond donors (Lipinski definition) is 2. The predicted molar refractivity (Wildman–Crippen MR) is 50.8 cm³/mol. The summed E-state index contributed by atoms with van der Waals surface area (Å²) in [5.41, 5.74) is 2.46. The standard InChI is InChI=1S/C9H15N3O/c13-6-2-5-12-4-1-3-8-9(12)7-10-11-8/h7,13H,1-6H2,(H,10,11). The first-order chi connectivity index (χ1) is 6.42. The Morgan fingerprint density at radius 2 is 2.54 bits per heavy atom. The van der Waals surface area contributed by atoms with Gasteiger partial charge in [-0.3, -0.25) is 5.10 Å². The molecule has 0 amide bonds. The molecule has 4 heteroatoms. The number of nitrogens with one attached hydrogen (secondary N) is 1. The number of aliphatic hydroxyl groups is 1. The van der Waals surface area contributed by atoms with Gasteiger partial charge >= 0.3 is 0 Å². The zero-order valence-electron chi connectivity index (χ0n) is 7.66. The van der Waals surface area contributed by atoms with Crippen LogP contribution in [0.1, 0.15) is 18.5 Å². The number of H-pyrrole nitrogens is 1. The second-order valence-corrected chi connectivity index (χ2v) is 3.40. The maximum absolute atomic E-state index is 8.75. The summed E-state index contributed by atoms with van der Waals surface area (Å²) in [5, 5.41) is 15.8. The number of aryl methyl sites for hydroxylation is 1. The summed E-state index contributed by atoms with van der Waals surface area (Å²) in [4.78, 5) is 2.29. The van der Waals surface area contributed by atoms with Crippen LogP contribution in [0.25, 0.3) is 0 Å². The topological polar surface area (TPSA) is 52.1 Å². The van der Waals surface area contributed by atoms with Crippen LogP contribution in [0.2, 0.25) is 0 Å². The third kappa shape index (κ3) is 1.67. The first kappa shape index (κ1) is 8.56. The average molecular weight is 181 g/mol. The fourth-order valence-corrected chi connectivity index (χ4v) is 1.82. The van der Waals surface area contributed by atoms with Gasteiger partial charge in [0.15, 0.2) is 0 Å².